The van der Waals surface area contributed by atoms with Gasteiger partial charge in [0.25, 0.3) is 5.91 Å². The van der Waals surface area contributed by atoms with E-state index in [0.29, 0.717) is 12.2 Å². The number of unbranched alkanes of at least 4 members (excludes halogenated alkanes) is 1. The van der Waals surface area contributed by atoms with Crippen LogP contribution < -0.4 is 10.2 Å². The molecule has 37 heavy (non-hydrogen) atoms. The number of hydroxylamine groups is 1. The van der Waals surface area contributed by atoms with Gasteiger partial charge in [-0.1, -0.05) is 31.5 Å². The van der Waals surface area contributed by atoms with E-state index in [1.807, 2.05) is 44.2 Å². The smallest absolute Gasteiger partial charge is 0.254 e. The summed E-state index contributed by atoms with van der Waals surface area (Å²) in [4.78, 5) is 30.7. The molecule has 2 aromatic carbocycles. The second-order valence-corrected chi connectivity index (χ2v) is 11.5. The molecule has 0 saturated carbocycles. The molecule has 0 atom stereocenters. The fraction of sp³-hybridized carbons (Fsp3) is 0.370. The molecule has 2 amide bonds. The van der Waals surface area contributed by atoms with Crippen LogP contribution in [0.3, 0.4) is 0 Å². The van der Waals surface area contributed by atoms with Crippen molar-refractivity contribution in [3.63, 3.8) is 0 Å². The predicted octanol–water partition coefficient (Wildman–Crippen LogP) is 3.42. The van der Waals surface area contributed by atoms with Gasteiger partial charge < -0.3 is 9.64 Å². The summed E-state index contributed by atoms with van der Waals surface area (Å²) >= 11 is 0. The SMILES string of the molecule is CCCCC(=O)N1CC(CS(=O)(=O)c2ccc(OCc3cc(C)nc4ccccc34)cc2)(C(=O)NO)C1. The van der Waals surface area contributed by atoms with E-state index in [-0.39, 0.29) is 30.5 Å². The van der Waals surface area contributed by atoms with Crippen molar-refractivity contribution in [1.29, 1.82) is 0 Å². The average molecular weight is 526 g/mol. The van der Waals surface area contributed by atoms with Gasteiger partial charge in [-0.05, 0) is 49.7 Å². The van der Waals surface area contributed by atoms with Gasteiger partial charge in [-0.2, -0.15) is 0 Å². The molecule has 1 aromatic heterocycles. The third-order valence-corrected chi connectivity index (χ3v) is 8.56. The first-order valence-electron chi connectivity index (χ1n) is 12.2. The molecule has 9 nitrogen and oxygen atoms in total. The number of para-hydroxylation sites is 1. The number of rotatable bonds is 10. The number of benzene rings is 2. The fourth-order valence-corrected chi connectivity index (χ4v) is 6.39. The number of amides is 2. The zero-order chi connectivity index (χ0) is 26.6. The number of ether oxygens (including phenoxy) is 1. The van der Waals surface area contributed by atoms with Crippen molar-refractivity contribution in [2.45, 2.75) is 44.6 Å². The normalized spacial score (nSPS) is 14.7. The minimum absolute atomic E-state index is 0.0333. The Balaban J connectivity index is 1.44. The van der Waals surface area contributed by atoms with E-state index in [1.165, 1.54) is 17.0 Å². The summed E-state index contributed by atoms with van der Waals surface area (Å²) in [5.74, 6) is -0.960. The summed E-state index contributed by atoms with van der Waals surface area (Å²) < 4.78 is 32.3. The number of fused-ring (bicyclic) bond motifs is 1. The molecule has 2 heterocycles. The van der Waals surface area contributed by atoms with Crippen LogP contribution in [0.25, 0.3) is 10.9 Å². The molecule has 0 spiro atoms. The van der Waals surface area contributed by atoms with E-state index in [1.54, 1.807) is 17.6 Å². The van der Waals surface area contributed by atoms with Crippen molar-refractivity contribution in [2.24, 2.45) is 5.41 Å². The molecular formula is C27H31N3O6S. The van der Waals surface area contributed by atoms with Crippen LogP contribution in [-0.4, -0.2) is 54.2 Å². The van der Waals surface area contributed by atoms with Crippen molar-refractivity contribution >= 4 is 32.6 Å². The van der Waals surface area contributed by atoms with E-state index in [9.17, 15) is 23.2 Å². The molecule has 0 radical (unpaired) electrons. The Labute approximate surface area is 216 Å². The number of hydrogen-bond donors (Lipinski definition) is 2. The van der Waals surface area contributed by atoms with Crippen LogP contribution in [0.2, 0.25) is 0 Å². The molecule has 10 heteroatoms. The Hall–Kier alpha value is -3.50. The first kappa shape index (κ1) is 26.6. The zero-order valence-electron chi connectivity index (χ0n) is 20.9. The van der Waals surface area contributed by atoms with Gasteiger partial charge in [-0.25, -0.2) is 13.9 Å². The van der Waals surface area contributed by atoms with Crippen LogP contribution in [0.5, 0.6) is 5.75 Å². The number of pyridine rings is 1. The number of nitrogens with zero attached hydrogens (tertiary/aromatic N) is 2. The summed E-state index contributed by atoms with van der Waals surface area (Å²) in [6.07, 6.45) is 1.92. The third-order valence-electron chi connectivity index (χ3n) is 6.64. The van der Waals surface area contributed by atoms with Gasteiger partial charge in [0.2, 0.25) is 5.91 Å². The van der Waals surface area contributed by atoms with Gasteiger partial charge in [-0.3, -0.25) is 19.8 Å². The zero-order valence-corrected chi connectivity index (χ0v) is 21.8. The Morgan fingerprint density at radius 2 is 1.84 bits per heavy atom. The molecule has 196 valence electrons. The highest BCUT2D eigenvalue weighted by Crippen LogP contribution is 2.35. The maximum absolute atomic E-state index is 13.2. The molecular weight excluding hydrogens is 494 g/mol. The Morgan fingerprint density at radius 3 is 2.51 bits per heavy atom. The lowest BCUT2D eigenvalue weighted by Gasteiger charge is -2.48. The first-order valence-corrected chi connectivity index (χ1v) is 13.9. The summed E-state index contributed by atoms with van der Waals surface area (Å²) in [5, 5.41) is 10.2. The number of hydrogen-bond acceptors (Lipinski definition) is 7. The molecule has 0 unspecified atom stereocenters. The van der Waals surface area contributed by atoms with Crippen LogP contribution in [0.4, 0.5) is 0 Å². The molecule has 4 rings (SSSR count). The van der Waals surface area contributed by atoms with Crippen LogP contribution in [0.15, 0.2) is 59.5 Å². The van der Waals surface area contributed by atoms with E-state index < -0.39 is 26.9 Å². The van der Waals surface area contributed by atoms with Crippen molar-refractivity contribution in [3.05, 3.63) is 65.9 Å². The van der Waals surface area contributed by atoms with Gasteiger partial charge in [0.05, 0.1) is 16.2 Å². The van der Waals surface area contributed by atoms with Crippen molar-refractivity contribution in [1.82, 2.24) is 15.4 Å². The number of aromatic nitrogens is 1. The van der Waals surface area contributed by atoms with Gasteiger partial charge >= 0.3 is 0 Å². The Kier molecular flexibility index (Phi) is 7.79. The number of aryl methyl sites for hydroxylation is 1. The van der Waals surface area contributed by atoms with Crippen molar-refractivity contribution < 1.29 is 28.0 Å². The monoisotopic (exact) mass is 525 g/mol. The van der Waals surface area contributed by atoms with E-state index in [0.717, 1.165) is 35.0 Å². The highest BCUT2D eigenvalue weighted by molar-refractivity contribution is 7.91. The maximum Gasteiger partial charge on any atom is 0.254 e. The summed E-state index contributed by atoms with van der Waals surface area (Å²) in [5.41, 5.74) is 2.91. The molecule has 1 saturated heterocycles. The Bertz CT molecular complexity index is 1400. The highest BCUT2D eigenvalue weighted by Gasteiger charge is 2.53. The van der Waals surface area contributed by atoms with Crippen LogP contribution in [0, 0.1) is 12.3 Å². The van der Waals surface area contributed by atoms with E-state index in [4.69, 9.17) is 4.74 Å². The second-order valence-electron chi connectivity index (χ2n) is 9.53. The number of carbonyl (C=O) groups is 2. The number of nitrogens with one attached hydrogen (secondary N) is 1. The number of sulfone groups is 1. The summed E-state index contributed by atoms with van der Waals surface area (Å²) in [6, 6.07) is 15.8. The lowest BCUT2D eigenvalue weighted by atomic mass is 9.80. The average Bonchev–Trinajstić information content (AvgIpc) is 2.87. The molecule has 1 aliphatic heterocycles. The minimum atomic E-state index is -3.89. The lowest BCUT2D eigenvalue weighted by Crippen LogP contribution is -2.66. The van der Waals surface area contributed by atoms with Gasteiger partial charge in [-0.15, -0.1) is 0 Å². The second kappa shape index (κ2) is 10.9. The summed E-state index contributed by atoms with van der Waals surface area (Å²) in [6.45, 7) is 4.07. The number of likely N-dealkylation sites (tertiary alicyclic amines) is 1. The van der Waals surface area contributed by atoms with Gasteiger partial charge in [0.1, 0.15) is 17.8 Å². The van der Waals surface area contributed by atoms with Crippen molar-refractivity contribution in [2.75, 3.05) is 18.8 Å². The fourth-order valence-electron chi connectivity index (χ4n) is 4.63. The van der Waals surface area contributed by atoms with E-state index in [2.05, 4.69) is 4.98 Å². The van der Waals surface area contributed by atoms with Crippen LogP contribution >= 0.6 is 0 Å². The molecule has 3 aromatic rings. The third kappa shape index (κ3) is 5.75. The predicted molar refractivity (Wildman–Crippen MR) is 138 cm³/mol. The molecule has 0 aliphatic carbocycles. The van der Waals surface area contributed by atoms with Crippen LogP contribution in [-0.2, 0) is 26.0 Å². The van der Waals surface area contributed by atoms with Gasteiger partial charge in [0.15, 0.2) is 9.84 Å². The Morgan fingerprint density at radius 1 is 1.14 bits per heavy atom. The van der Waals surface area contributed by atoms with Crippen molar-refractivity contribution in [3.8, 4) is 5.75 Å². The van der Waals surface area contributed by atoms with Crippen LogP contribution in [0.1, 0.15) is 37.4 Å². The molecule has 0 bridgehead atoms. The molecule has 1 aliphatic rings. The first-order chi connectivity index (χ1) is 17.7. The maximum atomic E-state index is 13.2. The van der Waals surface area contributed by atoms with E-state index >= 15 is 0 Å². The molecule has 1 fully saturated rings. The topological polar surface area (TPSA) is 126 Å². The molecule has 2 N–H and O–H groups in total. The van der Waals surface area contributed by atoms with Gasteiger partial charge in [0, 0.05) is 36.2 Å². The number of carbonyl (C=O) groups excluding carboxylic acids is 2. The standard InChI is InChI=1S/C27H31N3O6S/c1-3-4-9-25(31)30-16-27(17-30,26(32)29-33)18-37(34,35)22-12-10-21(11-13-22)36-15-20-14-19(2)28-24-8-6-5-7-23(20)24/h5-8,10-14,33H,3-4,9,15-18H2,1-2H3,(H,29,32). The summed E-state index contributed by atoms with van der Waals surface area (Å²) in [7, 11) is -3.89. The minimum Gasteiger partial charge on any atom is -0.489 e. The largest absolute Gasteiger partial charge is 0.489 e. The quantitative estimate of drug-likeness (QED) is 0.307. The lowest BCUT2D eigenvalue weighted by molar-refractivity contribution is -0.156. The highest BCUT2D eigenvalue weighted by atomic mass is 32.2.